The van der Waals surface area contributed by atoms with Gasteiger partial charge in [0.1, 0.15) is 5.37 Å². The van der Waals surface area contributed by atoms with Gasteiger partial charge in [0.15, 0.2) is 0 Å². The number of carbonyl (C=O) groups is 2. The van der Waals surface area contributed by atoms with Gasteiger partial charge in [-0.15, -0.1) is 11.8 Å². The monoisotopic (exact) mass is 444 g/mol. The van der Waals surface area contributed by atoms with Crippen molar-refractivity contribution >= 4 is 35.0 Å². The maximum Gasteiger partial charge on any atom is 0.238 e. The van der Waals surface area contributed by atoms with Gasteiger partial charge in [0.25, 0.3) is 0 Å². The van der Waals surface area contributed by atoms with E-state index in [4.69, 9.17) is 0 Å². The van der Waals surface area contributed by atoms with Crippen molar-refractivity contribution in [1.82, 2.24) is 0 Å². The zero-order valence-corrected chi connectivity index (χ0v) is 19.3. The summed E-state index contributed by atoms with van der Waals surface area (Å²) in [5.74, 6) is 0.874. The topological polar surface area (TPSA) is 49.4 Å². The first-order valence-electron chi connectivity index (χ1n) is 11.0. The number of amides is 2. The Morgan fingerprint density at radius 3 is 2.56 bits per heavy atom. The maximum absolute atomic E-state index is 12.9. The van der Waals surface area contributed by atoms with E-state index in [0.29, 0.717) is 24.5 Å². The second-order valence-corrected chi connectivity index (χ2v) is 9.37. The second-order valence-electron chi connectivity index (χ2n) is 8.30. The summed E-state index contributed by atoms with van der Waals surface area (Å²) in [6.45, 7) is 4.29. The molecular formula is C27H28N2O2S. The largest absolute Gasteiger partial charge is 0.326 e. The minimum atomic E-state index is -0.108. The van der Waals surface area contributed by atoms with E-state index >= 15 is 0 Å². The molecule has 0 aliphatic carbocycles. The van der Waals surface area contributed by atoms with Gasteiger partial charge in [0, 0.05) is 17.8 Å². The fourth-order valence-corrected chi connectivity index (χ4v) is 5.18. The highest BCUT2D eigenvalue weighted by atomic mass is 32.2. The summed E-state index contributed by atoms with van der Waals surface area (Å²) in [5, 5.41) is 2.91. The van der Waals surface area contributed by atoms with Crippen LogP contribution >= 0.6 is 11.8 Å². The molecule has 3 aromatic carbocycles. The lowest BCUT2D eigenvalue weighted by atomic mass is 10.00. The van der Waals surface area contributed by atoms with E-state index in [1.54, 1.807) is 11.8 Å². The van der Waals surface area contributed by atoms with E-state index in [1.165, 1.54) is 5.56 Å². The number of hydrogen-bond donors (Lipinski definition) is 1. The molecule has 164 valence electrons. The summed E-state index contributed by atoms with van der Waals surface area (Å²) in [4.78, 5) is 27.3. The van der Waals surface area contributed by atoms with Gasteiger partial charge in [-0.2, -0.15) is 0 Å². The van der Waals surface area contributed by atoms with Crippen molar-refractivity contribution in [3.8, 4) is 0 Å². The lowest BCUT2D eigenvalue weighted by Gasteiger charge is -2.28. The third kappa shape index (κ3) is 5.05. The number of anilines is 2. The Bertz CT molecular complexity index is 1100. The van der Waals surface area contributed by atoms with Crippen LogP contribution in [0.4, 0.5) is 11.4 Å². The van der Waals surface area contributed by atoms with Crippen LogP contribution in [0.5, 0.6) is 0 Å². The number of para-hydroxylation sites is 1. The molecule has 0 unspecified atom stereocenters. The van der Waals surface area contributed by atoms with Crippen molar-refractivity contribution in [2.75, 3.05) is 16.0 Å². The van der Waals surface area contributed by atoms with Gasteiger partial charge in [-0.3, -0.25) is 14.5 Å². The molecule has 1 aliphatic heterocycles. The summed E-state index contributed by atoms with van der Waals surface area (Å²) in [6.07, 6.45) is 1.14. The number of hydrogen-bond acceptors (Lipinski definition) is 3. The van der Waals surface area contributed by atoms with Crippen LogP contribution in [0.15, 0.2) is 78.9 Å². The van der Waals surface area contributed by atoms with Crippen molar-refractivity contribution < 1.29 is 9.59 Å². The van der Waals surface area contributed by atoms with Crippen molar-refractivity contribution in [3.63, 3.8) is 0 Å². The van der Waals surface area contributed by atoms with Crippen LogP contribution in [-0.4, -0.2) is 17.6 Å². The van der Waals surface area contributed by atoms with Gasteiger partial charge < -0.3 is 5.32 Å². The predicted octanol–water partition coefficient (Wildman–Crippen LogP) is 6.16. The Labute approximate surface area is 194 Å². The third-order valence-corrected chi connectivity index (χ3v) is 6.84. The molecule has 0 bridgehead atoms. The average molecular weight is 445 g/mol. The SMILES string of the molecule is CC(C)c1ccccc1N1C(=O)CS[C@@H]1c1cccc(NC(=O)CCc2ccccc2)c1. The molecule has 3 aromatic rings. The Hall–Kier alpha value is -3.05. The molecule has 2 amide bonds. The van der Waals surface area contributed by atoms with E-state index in [2.05, 4.69) is 25.2 Å². The van der Waals surface area contributed by atoms with Crippen LogP contribution in [0.3, 0.4) is 0 Å². The fourth-order valence-electron chi connectivity index (χ4n) is 4.02. The lowest BCUT2D eigenvalue weighted by Crippen LogP contribution is -2.29. The number of thioether (sulfide) groups is 1. The molecule has 1 N–H and O–H groups in total. The van der Waals surface area contributed by atoms with E-state index in [-0.39, 0.29) is 17.2 Å². The number of aryl methyl sites for hydroxylation is 1. The minimum absolute atomic E-state index is 0.0110. The molecule has 0 aromatic heterocycles. The normalized spacial score (nSPS) is 15.9. The van der Waals surface area contributed by atoms with Gasteiger partial charge in [-0.25, -0.2) is 0 Å². The smallest absolute Gasteiger partial charge is 0.238 e. The molecule has 5 heteroatoms. The number of rotatable bonds is 7. The molecule has 1 heterocycles. The number of nitrogens with zero attached hydrogens (tertiary/aromatic N) is 1. The first kappa shape index (κ1) is 22.2. The first-order chi connectivity index (χ1) is 15.5. The summed E-state index contributed by atoms with van der Waals surface area (Å²) < 4.78 is 0. The van der Waals surface area contributed by atoms with Gasteiger partial charge >= 0.3 is 0 Å². The van der Waals surface area contributed by atoms with Gasteiger partial charge in [-0.05, 0) is 47.2 Å². The molecule has 32 heavy (non-hydrogen) atoms. The second kappa shape index (κ2) is 10.0. The zero-order valence-electron chi connectivity index (χ0n) is 18.5. The quantitative estimate of drug-likeness (QED) is 0.475. The molecule has 4 nitrogen and oxygen atoms in total. The van der Waals surface area contributed by atoms with Gasteiger partial charge in [0.05, 0.1) is 5.75 Å². The molecule has 1 atom stereocenters. The molecule has 0 radical (unpaired) electrons. The number of nitrogens with one attached hydrogen (secondary N) is 1. The van der Waals surface area contributed by atoms with Gasteiger partial charge in [-0.1, -0.05) is 74.5 Å². The van der Waals surface area contributed by atoms with Crippen molar-refractivity contribution in [2.45, 2.75) is 38.0 Å². The highest BCUT2D eigenvalue weighted by Gasteiger charge is 2.35. The van der Waals surface area contributed by atoms with Crippen LogP contribution in [0.1, 0.15) is 48.3 Å². The van der Waals surface area contributed by atoms with Crippen LogP contribution in [0.25, 0.3) is 0 Å². The van der Waals surface area contributed by atoms with Crippen LogP contribution in [0.2, 0.25) is 0 Å². The summed E-state index contributed by atoms with van der Waals surface area (Å²) in [5.41, 5.74) is 5.06. The third-order valence-electron chi connectivity index (χ3n) is 5.63. The summed E-state index contributed by atoms with van der Waals surface area (Å²) >= 11 is 1.63. The van der Waals surface area contributed by atoms with Crippen LogP contribution in [0, 0.1) is 0 Å². The molecule has 1 fully saturated rings. The van der Waals surface area contributed by atoms with E-state index in [1.807, 2.05) is 77.7 Å². The predicted molar refractivity (Wildman–Crippen MR) is 133 cm³/mol. The molecule has 0 spiro atoms. The minimum Gasteiger partial charge on any atom is -0.326 e. The Kier molecular flexibility index (Phi) is 6.96. The Morgan fingerprint density at radius 1 is 1.03 bits per heavy atom. The highest BCUT2D eigenvalue weighted by molar-refractivity contribution is 8.00. The summed E-state index contributed by atoms with van der Waals surface area (Å²) in [6, 6.07) is 26.0. The van der Waals surface area contributed by atoms with Crippen LogP contribution < -0.4 is 10.2 Å². The van der Waals surface area contributed by atoms with Crippen LogP contribution in [-0.2, 0) is 16.0 Å². The maximum atomic E-state index is 12.9. The molecule has 0 saturated carbocycles. The number of carbonyl (C=O) groups excluding carboxylic acids is 2. The molecule has 4 rings (SSSR count). The van der Waals surface area contributed by atoms with Crippen molar-refractivity contribution in [2.24, 2.45) is 0 Å². The molecule has 1 aliphatic rings. The Morgan fingerprint density at radius 2 is 1.78 bits per heavy atom. The lowest BCUT2D eigenvalue weighted by molar-refractivity contribution is -0.116. The Balaban J connectivity index is 1.51. The average Bonchev–Trinajstić information content (AvgIpc) is 3.20. The van der Waals surface area contributed by atoms with E-state index in [0.717, 1.165) is 22.5 Å². The highest BCUT2D eigenvalue weighted by Crippen LogP contribution is 2.44. The van der Waals surface area contributed by atoms with E-state index in [9.17, 15) is 9.59 Å². The first-order valence-corrected chi connectivity index (χ1v) is 12.0. The molecular weight excluding hydrogens is 416 g/mol. The number of benzene rings is 3. The summed E-state index contributed by atoms with van der Waals surface area (Å²) in [7, 11) is 0. The standard InChI is InChI=1S/C27H28N2O2S/c1-19(2)23-13-6-7-14-24(23)29-26(31)18-32-27(29)21-11-8-12-22(17-21)28-25(30)16-15-20-9-4-3-5-10-20/h3-14,17,19,27H,15-16,18H2,1-2H3,(H,28,30)/t27-/m1/s1. The van der Waals surface area contributed by atoms with Crippen molar-refractivity contribution in [1.29, 1.82) is 0 Å². The van der Waals surface area contributed by atoms with Gasteiger partial charge in [0.2, 0.25) is 11.8 Å². The van der Waals surface area contributed by atoms with Crippen molar-refractivity contribution in [3.05, 3.63) is 95.6 Å². The van der Waals surface area contributed by atoms with E-state index < -0.39 is 0 Å². The molecule has 1 saturated heterocycles. The fraction of sp³-hybridized carbons (Fsp3) is 0.259. The zero-order chi connectivity index (χ0) is 22.5.